The Kier molecular flexibility index (Phi) is 4.58. The van der Waals surface area contributed by atoms with Crippen molar-refractivity contribution in [3.63, 3.8) is 0 Å². The van der Waals surface area contributed by atoms with Crippen molar-refractivity contribution in [2.75, 3.05) is 6.54 Å². The number of carbonyl (C=O) groups excluding carboxylic acids is 1. The van der Waals surface area contributed by atoms with E-state index in [2.05, 4.69) is 36.5 Å². The van der Waals surface area contributed by atoms with E-state index in [-0.39, 0.29) is 12.1 Å². The molecule has 2 aromatic rings. The Bertz CT molecular complexity index is 535. The first kappa shape index (κ1) is 13.9. The normalized spacial score (nSPS) is 12.1. The van der Waals surface area contributed by atoms with Gasteiger partial charge in [-0.3, -0.25) is 4.68 Å². The molecule has 2 N–H and O–H groups in total. The fourth-order valence-electron chi connectivity index (χ4n) is 1.61. The molecular formula is C10H17N9O. The molecule has 2 heterocycles. The highest BCUT2D eigenvalue weighted by Gasteiger charge is 2.11. The number of aromatic nitrogens is 7. The average molecular weight is 279 g/mol. The molecule has 20 heavy (non-hydrogen) atoms. The van der Waals surface area contributed by atoms with Crippen LogP contribution in [0.5, 0.6) is 0 Å². The summed E-state index contributed by atoms with van der Waals surface area (Å²) in [6.07, 6.45) is 4.05. The molecule has 2 amide bonds. The van der Waals surface area contributed by atoms with Crippen LogP contribution < -0.4 is 10.6 Å². The van der Waals surface area contributed by atoms with Crippen LogP contribution in [0.1, 0.15) is 25.1 Å². The van der Waals surface area contributed by atoms with Gasteiger partial charge in [0.15, 0.2) is 0 Å². The van der Waals surface area contributed by atoms with Crippen LogP contribution in [-0.4, -0.2) is 47.8 Å². The largest absolute Gasteiger partial charge is 0.338 e. The van der Waals surface area contributed by atoms with Crippen LogP contribution in [0.2, 0.25) is 0 Å². The lowest BCUT2D eigenvalue weighted by atomic mass is 10.2. The molecule has 1 unspecified atom stereocenters. The second kappa shape index (κ2) is 6.59. The van der Waals surface area contributed by atoms with E-state index >= 15 is 0 Å². The molecule has 0 fully saturated rings. The lowest BCUT2D eigenvalue weighted by Crippen LogP contribution is -2.37. The minimum absolute atomic E-state index is 0.191. The van der Waals surface area contributed by atoms with Gasteiger partial charge in [-0.25, -0.2) is 9.48 Å². The molecule has 2 aromatic heterocycles. The molecule has 0 saturated carbocycles. The van der Waals surface area contributed by atoms with E-state index in [0.29, 0.717) is 13.1 Å². The number of urea groups is 1. The quantitative estimate of drug-likeness (QED) is 0.672. The van der Waals surface area contributed by atoms with E-state index < -0.39 is 0 Å². The summed E-state index contributed by atoms with van der Waals surface area (Å²) in [6, 6.07) is -0.428. The average Bonchev–Trinajstić information content (AvgIpc) is 3.06. The Labute approximate surface area is 115 Å². The Morgan fingerprint density at radius 1 is 1.45 bits per heavy atom. The van der Waals surface area contributed by atoms with Crippen molar-refractivity contribution in [3.05, 3.63) is 18.2 Å². The summed E-state index contributed by atoms with van der Waals surface area (Å²) < 4.78 is 3.21. The molecule has 0 saturated heterocycles. The molecule has 1 atom stereocenters. The molecule has 0 aromatic carbocycles. The van der Waals surface area contributed by atoms with Crippen molar-refractivity contribution in [2.45, 2.75) is 25.9 Å². The Hall–Kier alpha value is -2.52. The molecule has 0 aliphatic rings. The summed E-state index contributed by atoms with van der Waals surface area (Å²) in [5.74, 6) is 0. The van der Waals surface area contributed by atoms with Gasteiger partial charge >= 0.3 is 6.03 Å². The first-order valence-electron chi connectivity index (χ1n) is 6.26. The van der Waals surface area contributed by atoms with Crippen molar-refractivity contribution in [1.82, 2.24) is 45.8 Å². The number of tetrazole rings is 1. The maximum atomic E-state index is 11.7. The predicted molar refractivity (Wildman–Crippen MR) is 68.4 cm³/mol. The number of nitrogens with one attached hydrogen (secondary N) is 2. The second-order valence-corrected chi connectivity index (χ2v) is 4.37. The second-order valence-electron chi connectivity index (χ2n) is 4.37. The smallest absolute Gasteiger partial charge is 0.315 e. The summed E-state index contributed by atoms with van der Waals surface area (Å²) in [7, 11) is 1.78. The third-order valence-corrected chi connectivity index (χ3v) is 2.65. The first-order valence-corrected chi connectivity index (χ1v) is 6.26. The third-order valence-electron chi connectivity index (χ3n) is 2.65. The van der Waals surface area contributed by atoms with Gasteiger partial charge < -0.3 is 10.6 Å². The Morgan fingerprint density at radius 3 is 2.95 bits per heavy atom. The Balaban J connectivity index is 1.65. The maximum absolute atomic E-state index is 11.7. The number of hydrogen-bond donors (Lipinski definition) is 2. The van der Waals surface area contributed by atoms with Gasteiger partial charge in [0.1, 0.15) is 12.0 Å². The van der Waals surface area contributed by atoms with Crippen molar-refractivity contribution in [1.29, 1.82) is 0 Å². The first-order chi connectivity index (χ1) is 9.65. The minimum atomic E-state index is -0.236. The van der Waals surface area contributed by atoms with Crippen LogP contribution in [0.25, 0.3) is 0 Å². The molecule has 2 rings (SSSR count). The van der Waals surface area contributed by atoms with Crippen LogP contribution in [0.3, 0.4) is 0 Å². The maximum Gasteiger partial charge on any atom is 0.315 e. The lowest BCUT2D eigenvalue weighted by Gasteiger charge is -2.12. The monoisotopic (exact) mass is 279 g/mol. The molecule has 0 spiro atoms. The highest BCUT2D eigenvalue weighted by Crippen LogP contribution is 2.06. The van der Waals surface area contributed by atoms with Gasteiger partial charge in [0.2, 0.25) is 0 Å². The zero-order valence-electron chi connectivity index (χ0n) is 11.4. The summed E-state index contributed by atoms with van der Waals surface area (Å²) in [5, 5.41) is 24.1. The van der Waals surface area contributed by atoms with Crippen LogP contribution in [0, 0.1) is 0 Å². The molecule has 108 valence electrons. The number of nitrogens with zero attached hydrogens (tertiary/aromatic N) is 7. The standard InChI is InChI=1S/C10H17N9O/c1-8(9-6-18(2)16-14-9)13-10(20)11-4-3-5-19-7-12-15-17-19/h6-8H,3-5H2,1-2H3,(H2,11,13,20). The van der Waals surface area contributed by atoms with Crippen molar-refractivity contribution < 1.29 is 4.79 Å². The fourth-order valence-corrected chi connectivity index (χ4v) is 1.61. The number of amides is 2. The predicted octanol–water partition coefficient (Wildman–Crippen LogP) is -0.748. The molecule has 10 heteroatoms. The van der Waals surface area contributed by atoms with Crippen LogP contribution in [0.15, 0.2) is 12.5 Å². The number of aryl methyl sites for hydroxylation is 2. The van der Waals surface area contributed by atoms with Crippen LogP contribution in [-0.2, 0) is 13.6 Å². The SMILES string of the molecule is CC(NC(=O)NCCCn1cnnn1)c1cn(C)nn1. The van der Waals surface area contributed by atoms with Crippen LogP contribution >= 0.6 is 0 Å². The van der Waals surface area contributed by atoms with E-state index in [1.807, 2.05) is 6.92 Å². The highest BCUT2D eigenvalue weighted by molar-refractivity contribution is 5.74. The third kappa shape index (κ3) is 4.00. The molecule has 0 radical (unpaired) electrons. The summed E-state index contributed by atoms with van der Waals surface area (Å²) in [6.45, 7) is 3.05. The topological polar surface area (TPSA) is 115 Å². The van der Waals surface area contributed by atoms with Gasteiger partial charge in [-0.1, -0.05) is 5.21 Å². The zero-order valence-corrected chi connectivity index (χ0v) is 11.4. The van der Waals surface area contributed by atoms with Crippen LogP contribution in [0.4, 0.5) is 4.79 Å². The van der Waals surface area contributed by atoms with E-state index in [4.69, 9.17) is 0 Å². The lowest BCUT2D eigenvalue weighted by molar-refractivity contribution is 0.237. The van der Waals surface area contributed by atoms with E-state index in [0.717, 1.165) is 12.1 Å². The number of carbonyl (C=O) groups is 1. The van der Waals surface area contributed by atoms with E-state index in [9.17, 15) is 4.79 Å². The molecule has 0 bridgehead atoms. The van der Waals surface area contributed by atoms with Gasteiger partial charge in [-0.15, -0.1) is 10.2 Å². The van der Waals surface area contributed by atoms with Gasteiger partial charge in [-0.2, -0.15) is 0 Å². The molecule has 0 aliphatic carbocycles. The molecule has 10 nitrogen and oxygen atoms in total. The van der Waals surface area contributed by atoms with Crippen molar-refractivity contribution >= 4 is 6.03 Å². The summed E-state index contributed by atoms with van der Waals surface area (Å²) in [4.78, 5) is 11.7. The van der Waals surface area contributed by atoms with E-state index in [1.54, 1.807) is 22.6 Å². The minimum Gasteiger partial charge on any atom is -0.338 e. The van der Waals surface area contributed by atoms with Crippen molar-refractivity contribution in [3.8, 4) is 0 Å². The van der Waals surface area contributed by atoms with Gasteiger partial charge in [-0.05, 0) is 23.8 Å². The Morgan fingerprint density at radius 2 is 2.30 bits per heavy atom. The summed E-state index contributed by atoms with van der Waals surface area (Å²) in [5.41, 5.74) is 0.719. The number of rotatable bonds is 6. The molecule has 0 aliphatic heterocycles. The van der Waals surface area contributed by atoms with Gasteiger partial charge in [0.05, 0.1) is 12.2 Å². The number of hydrogen-bond acceptors (Lipinski definition) is 6. The van der Waals surface area contributed by atoms with Crippen molar-refractivity contribution in [2.24, 2.45) is 7.05 Å². The zero-order chi connectivity index (χ0) is 14.4. The summed E-state index contributed by atoms with van der Waals surface area (Å²) >= 11 is 0. The van der Waals surface area contributed by atoms with Gasteiger partial charge in [0, 0.05) is 20.1 Å². The fraction of sp³-hybridized carbons (Fsp3) is 0.600. The van der Waals surface area contributed by atoms with E-state index in [1.165, 1.54) is 6.33 Å². The van der Waals surface area contributed by atoms with Gasteiger partial charge in [0.25, 0.3) is 0 Å². The molecular weight excluding hydrogens is 262 g/mol. The highest BCUT2D eigenvalue weighted by atomic mass is 16.2.